The first-order valence-electron chi connectivity index (χ1n) is 0. The van der Waals surface area contributed by atoms with Gasteiger partial charge >= 0.3 is 0 Å². The van der Waals surface area contributed by atoms with Gasteiger partial charge < -0.3 is 0 Å². The second kappa shape index (κ2) is 22.9. The molecule has 0 aromatic carbocycles. The Kier molecular flexibility index (Phi) is 146. The Balaban J connectivity index is 0. The van der Waals surface area contributed by atoms with Gasteiger partial charge in [0, 0.05) is 164 Å². The van der Waals surface area contributed by atoms with E-state index in [1.54, 1.807) is 0 Å². The molecular weight excluding hydrogens is 391 g/mol. The second-order valence-electron chi connectivity index (χ2n) is 0. The van der Waals surface area contributed by atoms with Crippen LogP contribution in [0.2, 0.25) is 0 Å². The van der Waals surface area contributed by atoms with E-state index in [1.165, 1.54) is 0 Å². The van der Waals surface area contributed by atoms with Gasteiger partial charge in [-0.1, -0.05) is 0 Å². The van der Waals surface area contributed by atoms with Crippen LogP contribution in [0.1, 0.15) is 0 Å². The Morgan fingerprint density at radius 1 is 0.600 bits per heavy atom. The molecule has 0 aliphatic rings. The van der Waals surface area contributed by atoms with Gasteiger partial charge in [0.25, 0.3) is 0 Å². The van der Waals surface area contributed by atoms with Crippen molar-refractivity contribution in [2.75, 3.05) is 0 Å². The summed E-state index contributed by atoms with van der Waals surface area (Å²) in [5, 5.41) is 0. The molecular formula is BiCr2K2. The molecule has 0 bridgehead atoms. The minimum Gasteiger partial charge on any atom is 0 e. The first-order valence-corrected chi connectivity index (χ1v) is 0. The minimum atomic E-state index is 0. The summed E-state index contributed by atoms with van der Waals surface area (Å²) in [4.78, 5) is 0. The molecule has 0 aliphatic heterocycles. The number of hydrogen-bond donors (Lipinski definition) is 0. The maximum absolute atomic E-state index is 0. The summed E-state index contributed by atoms with van der Waals surface area (Å²) in [7, 11) is 0. The zero-order valence-corrected chi connectivity index (χ0v) is 15.5. The van der Waals surface area contributed by atoms with Crippen LogP contribution in [0.15, 0.2) is 0 Å². The zero-order chi connectivity index (χ0) is 0. The predicted molar refractivity (Wildman–Crippen MR) is 17.3 cm³/mol. The molecule has 0 atom stereocenters. The summed E-state index contributed by atoms with van der Waals surface area (Å²) >= 11 is 0. The standard InChI is InChI=1S/Bi.2Cr.2K. The summed E-state index contributed by atoms with van der Waals surface area (Å²) in [5.41, 5.74) is 0. The molecule has 0 amide bonds. The van der Waals surface area contributed by atoms with Crippen LogP contribution in [0, 0.1) is 0 Å². The van der Waals surface area contributed by atoms with Gasteiger partial charge in [-0.05, 0) is 0 Å². The van der Waals surface area contributed by atoms with Gasteiger partial charge in [0.05, 0.1) is 0 Å². The Labute approximate surface area is 158 Å². The van der Waals surface area contributed by atoms with Gasteiger partial charge in [-0.3, -0.25) is 0 Å². The molecule has 0 fully saturated rings. The van der Waals surface area contributed by atoms with Crippen LogP contribution < -0.4 is 0 Å². The van der Waals surface area contributed by atoms with Crippen molar-refractivity contribution in [1.82, 2.24) is 0 Å². The zero-order valence-electron chi connectivity index (χ0n) is 3.26. The molecule has 0 N–H and O–H groups in total. The van der Waals surface area contributed by atoms with E-state index < -0.39 is 0 Å². The molecule has 0 aliphatic carbocycles. The van der Waals surface area contributed by atoms with Gasteiger partial charge in [-0.15, -0.1) is 0 Å². The first kappa shape index (κ1) is 31.9. The van der Waals surface area contributed by atoms with Gasteiger partial charge in [-0.2, -0.15) is 0 Å². The molecule has 0 spiro atoms. The normalized spacial score (nSPS) is 0. The van der Waals surface area contributed by atoms with Crippen molar-refractivity contribution in [3.05, 3.63) is 0 Å². The average Bonchev–Trinajstić information content (AvgIpc) is 0. The van der Waals surface area contributed by atoms with Crippen LogP contribution in [0.5, 0.6) is 0 Å². The van der Waals surface area contributed by atoms with Crippen LogP contribution >= 0.6 is 0 Å². The second-order valence-corrected chi connectivity index (χ2v) is 0. The van der Waals surface area contributed by atoms with Crippen LogP contribution in [0.25, 0.3) is 0 Å². The summed E-state index contributed by atoms with van der Waals surface area (Å²) < 4.78 is 0. The number of rotatable bonds is 0. The average molecular weight is 391 g/mol. The maximum atomic E-state index is 0. The third-order valence-electron chi connectivity index (χ3n) is 0. The topological polar surface area (TPSA) is 0 Å². The van der Waals surface area contributed by atoms with E-state index in [-0.39, 0.29) is 164 Å². The van der Waals surface area contributed by atoms with E-state index in [4.69, 9.17) is 0 Å². The van der Waals surface area contributed by atoms with Crippen LogP contribution in [-0.2, 0) is 34.7 Å². The van der Waals surface area contributed by atoms with E-state index in [0.29, 0.717) is 0 Å². The Morgan fingerprint density at radius 2 is 0.600 bits per heavy atom. The fraction of sp³-hybridized carbons (Fsp3) is 0. The van der Waals surface area contributed by atoms with Crippen molar-refractivity contribution >= 4 is 129 Å². The maximum Gasteiger partial charge on any atom is 0 e. The largest absolute Gasteiger partial charge is 0 e. The van der Waals surface area contributed by atoms with E-state index in [2.05, 4.69) is 0 Å². The Morgan fingerprint density at radius 3 is 0.600 bits per heavy atom. The number of hydrogen-bond acceptors (Lipinski definition) is 0. The molecule has 0 aromatic rings. The Hall–Kier alpha value is 5.22. The van der Waals surface area contributed by atoms with Crippen molar-refractivity contribution in [2.45, 2.75) is 0 Å². The summed E-state index contributed by atoms with van der Waals surface area (Å²) in [5.74, 6) is 0. The molecule has 19 valence electrons. The monoisotopic (exact) mass is 391 g/mol. The smallest absolute Gasteiger partial charge is 0 e. The van der Waals surface area contributed by atoms with Gasteiger partial charge in [-0.25, -0.2) is 0 Å². The molecule has 0 unspecified atom stereocenters. The van der Waals surface area contributed by atoms with E-state index in [0.717, 1.165) is 0 Å². The molecule has 5 radical (unpaired) electrons. The third kappa shape index (κ3) is 17.6. The molecule has 0 nitrogen and oxygen atoms in total. The van der Waals surface area contributed by atoms with E-state index in [9.17, 15) is 0 Å². The van der Waals surface area contributed by atoms with Gasteiger partial charge in [0.1, 0.15) is 0 Å². The van der Waals surface area contributed by atoms with Crippen molar-refractivity contribution in [2.24, 2.45) is 0 Å². The van der Waals surface area contributed by atoms with Crippen molar-refractivity contribution in [3.63, 3.8) is 0 Å². The predicted octanol–water partition coefficient (Wildman–Crippen LogP) is -1.15. The fourth-order valence-electron chi connectivity index (χ4n) is 0. The molecule has 0 rings (SSSR count). The molecule has 5 heavy (non-hydrogen) atoms. The van der Waals surface area contributed by atoms with Crippen LogP contribution in [0.4, 0.5) is 0 Å². The van der Waals surface area contributed by atoms with Crippen molar-refractivity contribution < 1.29 is 34.7 Å². The molecule has 0 heterocycles. The molecule has 5 heteroatoms. The Bertz CT molecular complexity index is 7.61. The summed E-state index contributed by atoms with van der Waals surface area (Å²) in [6, 6.07) is 0. The van der Waals surface area contributed by atoms with Crippen molar-refractivity contribution in [1.29, 1.82) is 0 Å². The summed E-state index contributed by atoms with van der Waals surface area (Å²) in [6.07, 6.45) is 0. The van der Waals surface area contributed by atoms with E-state index in [1.807, 2.05) is 0 Å². The van der Waals surface area contributed by atoms with Crippen molar-refractivity contribution in [3.8, 4) is 0 Å². The molecule has 0 saturated heterocycles. The molecule has 0 aromatic heterocycles. The SMILES string of the molecule is [Bi].[Cr].[Cr].[K].[K]. The quantitative estimate of drug-likeness (QED) is 0.458. The fourth-order valence-corrected chi connectivity index (χ4v) is 0. The van der Waals surface area contributed by atoms with Crippen LogP contribution in [-0.4, -0.2) is 129 Å². The third-order valence-corrected chi connectivity index (χ3v) is 0. The van der Waals surface area contributed by atoms with E-state index >= 15 is 0 Å². The van der Waals surface area contributed by atoms with Crippen LogP contribution in [0.3, 0.4) is 0 Å². The minimum absolute atomic E-state index is 0. The van der Waals surface area contributed by atoms with Gasteiger partial charge in [0.15, 0.2) is 0 Å². The summed E-state index contributed by atoms with van der Waals surface area (Å²) in [6.45, 7) is 0. The first-order chi connectivity index (χ1) is 0. The molecule has 0 saturated carbocycles. The van der Waals surface area contributed by atoms with Gasteiger partial charge in [0.2, 0.25) is 0 Å².